The first kappa shape index (κ1) is 21.3. The molecule has 0 spiro atoms. The predicted molar refractivity (Wildman–Crippen MR) is 117 cm³/mol. The lowest BCUT2D eigenvalue weighted by atomic mass is 10.0. The number of nitrogens with zero attached hydrogens (tertiary/aromatic N) is 1. The molecule has 1 fully saturated rings. The fourth-order valence-electron chi connectivity index (χ4n) is 3.74. The van der Waals surface area contributed by atoms with Crippen molar-refractivity contribution in [3.05, 3.63) is 53.1 Å². The highest BCUT2D eigenvalue weighted by molar-refractivity contribution is 6.30. The van der Waals surface area contributed by atoms with E-state index in [-0.39, 0.29) is 11.9 Å². The van der Waals surface area contributed by atoms with Crippen LogP contribution in [0, 0.1) is 0 Å². The Labute approximate surface area is 177 Å². The zero-order valence-electron chi connectivity index (χ0n) is 17.1. The van der Waals surface area contributed by atoms with E-state index < -0.39 is 0 Å². The molecular formula is C23H29ClN2O3. The van der Waals surface area contributed by atoms with Crippen LogP contribution in [0.5, 0.6) is 11.5 Å². The van der Waals surface area contributed by atoms with Crippen LogP contribution in [0.3, 0.4) is 0 Å². The number of hydrogen-bond acceptors (Lipinski definition) is 4. The fraction of sp³-hybridized carbons (Fsp3) is 0.435. The topological polar surface area (TPSA) is 50.8 Å². The van der Waals surface area contributed by atoms with Crippen molar-refractivity contribution in [2.45, 2.75) is 38.1 Å². The van der Waals surface area contributed by atoms with Crippen LogP contribution in [0.4, 0.5) is 5.69 Å². The van der Waals surface area contributed by atoms with Gasteiger partial charge in [-0.05, 0) is 55.5 Å². The predicted octanol–water partition coefficient (Wildman–Crippen LogP) is 4.78. The van der Waals surface area contributed by atoms with Gasteiger partial charge in [0.15, 0.2) is 11.5 Å². The summed E-state index contributed by atoms with van der Waals surface area (Å²) in [5.74, 6) is 1.64. The number of methoxy groups -OCH3 is 2. The van der Waals surface area contributed by atoms with Crippen LogP contribution in [-0.4, -0.2) is 44.2 Å². The summed E-state index contributed by atoms with van der Waals surface area (Å²) in [5, 5.41) is 4.28. The van der Waals surface area contributed by atoms with Crippen molar-refractivity contribution in [3.63, 3.8) is 0 Å². The number of carbonyl (C=O) groups is 1. The molecule has 0 bridgehead atoms. The van der Waals surface area contributed by atoms with Crippen LogP contribution in [-0.2, 0) is 11.2 Å². The largest absolute Gasteiger partial charge is 0.493 e. The Morgan fingerprint density at radius 2 is 1.90 bits per heavy atom. The lowest BCUT2D eigenvalue weighted by molar-refractivity contribution is -0.132. The molecule has 1 atom stereocenters. The van der Waals surface area contributed by atoms with Crippen molar-refractivity contribution in [1.29, 1.82) is 0 Å². The maximum absolute atomic E-state index is 12.7. The number of nitrogens with one attached hydrogen (secondary N) is 1. The Bertz CT molecular complexity index is 810. The summed E-state index contributed by atoms with van der Waals surface area (Å²) in [6.07, 6.45) is 4.37. The minimum atomic E-state index is 0.234. The highest BCUT2D eigenvalue weighted by Crippen LogP contribution is 2.30. The number of anilines is 1. The standard InChI is InChI=1S/C23H29ClN2O3/c1-28-21-13-12-19(15-22(21)29-2)25-20-6-4-14-26(16-20)23(27)7-3-5-17-8-10-18(24)11-9-17/h8-13,15,20,25H,3-7,14,16H2,1-2H3. The summed E-state index contributed by atoms with van der Waals surface area (Å²) < 4.78 is 10.7. The summed E-state index contributed by atoms with van der Waals surface area (Å²) in [7, 11) is 3.26. The zero-order chi connectivity index (χ0) is 20.6. The summed E-state index contributed by atoms with van der Waals surface area (Å²) in [4.78, 5) is 14.7. The maximum Gasteiger partial charge on any atom is 0.222 e. The van der Waals surface area contributed by atoms with Crippen LogP contribution < -0.4 is 14.8 Å². The minimum absolute atomic E-state index is 0.234. The molecule has 1 saturated heterocycles. The third-order valence-corrected chi connectivity index (χ3v) is 5.55. The molecule has 1 heterocycles. The molecule has 1 unspecified atom stereocenters. The van der Waals surface area contributed by atoms with Crippen LogP contribution in [0.1, 0.15) is 31.2 Å². The summed E-state index contributed by atoms with van der Waals surface area (Å²) in [5.41, 5.74) is 2.19. The molecule has 5 nitrogen and oxygen atoms in total. The van der Waals surface area contributed by atoms with Crippen LogP contribution in [0.15, 0.2) is 42.5 Å². The van der Waals surface area contributed by atoms with E-state index in [1.54, 1.807) is 14.2 Å². The molecular weight excluding hydrogens is 388 g/mol. The van der Waals surface area contributed by atoms with E-state index in [2.05, 4.69) is 5.32 Å². The molecule has 6 heteroatoms. The Balaban J connectivity index is 1.49. The second-order valence-electron chi connectivity index (χ2n) is 7.37. The van der Waals surface area contributed by atoms with Gasteiger partial charge in [-0.2, -0.15) is 0 Å². The second kappa shape index (κ2) is 10.4. The SMILES string of the molecule is COc1ccc(NC2CCCN(C(=O)CCCc3ccc(Cl)cc3)C2)cc1OC. The Hall–Kier alpha value is -2.40. The molecule has 156 valence electrons. The van der Waals surface area contributed by atoms with Crippen LogP contribution in [0.2, 0.25) is 5.02 Å². The van der Waals surface area contributed by atoms with E-state index in [0.29, 0.717) is 17.9 Å². The number of benzene rings is 2. The number of carbonyl (C=O) groups excluding carboxylic acids is 1. The van der Waals surface area contributed by atoms with Crippen LogP contribution >= 0.6 is 11.6 Å². The van der Waals surface area contributed by atoms with Crippen molar-refractivity contribution in [1.82, 2.24) is 4.90 Å². The number of hydrogen-bond donors (Lipinski definition) is 1. The van der Waals surface area contributed by atoms with Gasteiger partial charge in [-0.25, -0.2) is 0 Å². The Morgan fingerprint density at radius 3 is 2.62 bits per heavy atom. The van der Waals surface area contributed by atoms with E-state index in [4.69, 9.17) is 21.1 Å². The van der Waals surface area contributed by atoms with Gasteiger partial charge in [0.2, 0.25) is 5.91 Å². The smallest absolute Gasteiger partial charge is 0.222 e. The molecule has 2 aromatic rings. The highest BCUT2D eigenvalue weighted by Gasteiger charge is 2.23. The van der Waals surface area contributed by atoms with Crippen molar-refractivity contribution in [3.8, 4) is 11.5 Å². The molecule has 0 radical (unpaired) electrons. The molecule has 1 amide bonds. The summed E-state index contributed by atoms with van der Waals surface area (Å²) in [6, 6.07) is 13.9. The first-order valence-corrected chi connectivity index (χ1v) is 10.5. The number of halogens is 1. The van der Waals surface area contributed by atoms with E-state index in [9.17, 15) is 4.79 Å². The molecule has 1 aliphatic rings. The van der Waals surface area contributed by atoms with Gasteiger partial charge in [-0.3, -0.25) is 4.79 Å². The molecule has 0 aromatic heterocycles. The maximum atomic E-state index is 12.7. The van der Waals surface area contributed by atoms with Gasteiger partial charge >= 0.3 is 0 Å². The van der Waals surface area contributed by atoms with Gasteiger partial charge in [-0.15, -0.1) is 0 Å². The van der Waals surface area contributed by atoms with Gasteiger partial charge in [0.1, 0.15) is 0 Å². The molecule has 0 aliphatic carbocycles. The van der Waals surface area contributed by atoms with Gasteiger partial charge in [0.05, 0.1) is 14.2 Å². The van der Waals surface area contributed by atoms with Crippen molar-refractivity contribution < 1.29 is 14.3 Å². The van der Waals surface area contributed by atoms with Crippen LogP contribution in [0.25, 0.3) is 0 Å². The third-order valence-electron chi connectivity index (χ3n) is 5.30. The quantitative estimate of drug-likeness (QED) is 0.672. The van der Waals surface area contributed by atoms with E-state index >= 15 is 0 Å². The average molecular weight is 417 g/mol. The number of rotatable bonds is 8. The van der Waals surface area contributed by atoms with Crippen molar-refractivity contribution in [2.75, 3.05) is 32.6 Å². The molecule has 0 saturated carbocycles. The van der Waals surface area contributed by atoms with E-state index in [1.165, 1.54) is 5.56 Å². The molecule has 1 aliphatic heterocycles. The molecule has 2 aromatic carbocycles. The number of piperidine rings is 1. The first-order valence-electron chi connectivity index (χ1n) is 10.1. The Kier molecular flexibility index (Phi) is 7.64. The molecule has 1 N–H and O–H groups in total. The third kappa shape index (κ3) is 6.04. The zero-order valence-corrected chi connectivity index (χ0v) is 17.9. The summed E-state index contributed by atoms with van der Waals surface area (Å²) in [6.45, 7) is 1.57. The highest BCUT2D eigenvalue weighted by atomic mass is 35.5. The van der Waals surface area contributed by atoms with Gasteiger partial charge in [0.25, 0.3) is 0 Å². The number of aryl methyl sites for hydroxylation is 1. The van der Waals surface area contributed by atoms with Gasteiger partial charge in [0, 0.05) is 42.3 Å². The average Bonchev–Trinajstić information content (AvgIpc) is 2.75. The fourth-order valence-corrected chi connectivity index (χ4v) is 3.86. The van der Waals surface area contributed by atoms with E-state index in [0.717, 1.165) is 49.5 Å². The summed E-state index contributed by atoms with van der Waals surface area (Å²) >= 11 is 5.92. The van der Waals surface area contributed by atoms with Crippen molar-refractivity contribution >= 4 is 23.2 Å². The lowest BCUT2D eigenvalue weighted by Gasteiger charge is -2.34. The van der Waals surface area contributed by atoms with Crippen molar-refractivity contribution in [2.24, 2.45) is 0 Å². The first-order chi connectivity index (χ1) is 14.1. The normalized spacial score (nSPS) is 16.4. The monoisotopic (exact) mass is 416 g/mol. The number of amides is 1. The number of likely N-dealkylation sites (tertiary alicyclic amines) is 1. The lowest BCUT2D eigenvalue weighted by Crippen LogP contribution is -2.45. The minimum Gasteiger partial charge on any atom is -0.493 e. The van der Waals surface area contributed by atoms with Gasteiger partial charge < -0.3 is 19.7 Å². The second-order valence-corrected chi connectivity index (χ2v) is 7.81. The molecule has 3 rings (SSSR count). The molecule has 29 heavy (non-hydrogen) atoms. The Morgan fingerprint density at radius 1 is 1.14 bits per heavy atom. The number of ether oxygens (including phenoxy) is 2. The van der Waals surface area contributed by atoms with Gasteiger partial charge in [-0.1, -0.05) is 23.7 Å². The van der Waals surface area contributed by atoms with E-state index in [1.807, 2.05) is 47.4 Å².